The van der Waals surface area contributed by atoms with E-state index in [1.54, 1.807) is 20.8 Å². The van der Waals surface area contributed by atoms with E-state index in [0.717, 1.165) is 0 Å². The molecule has 0 saturated heterocycles. The first-order valence-electron chi connectivity index (χ1n) is 5.86. The fourth-order valence-electron chi connectivity index (χ4n) is 1.43. The van der Waals surface area contributed by atoms with Crippen LogP contribution in [0.2, 0.25) is 0 Å². The van der Waals surface area contributed by atoms with Gasteiger partial charge in [-0.2, -0.15) is 0 Å². The van der Waals surface area contributed by atoms with Crippen molar-refractivity contribution in [2.75, 3.05) is 0 Å². The molecule has 0 aromatic heterocycles. The molecule has 106 valence electrons. The van der Waals surface area contributed by atoms with Crippen molar-refractivity contribution in [2.45, 2.75) is 58.3 Å². The van der Waals surface area contributed by atoms with E-state index in [-0.39, 0.29) is 12.3 Å². The van der Waals surface area contributed by atoms with E-state index in [0.29, 0.717) is 0 Å². The molecule has 0 aliphatic rings. The lowest BCUT2D eigenvalue weighted by molar-refractivity contribution is -0.190. The molecule has 2 atom stereocenters. The first-order valence-corrected chi connectivity index (χ1v) is 5.86. The van der Waals surface area contributed by atoms with E-state index in [4.69, 9.17) is 15.6 Å². The third-order valence-electron chi connectivity index (χ3n) is 2.30. The van der Waals surface area contributed by atoms with Gasteiger partial charge in [0, 0.05) is 0 Å². The summed E-state index contributed by atoms with van der Waals surface area (Å²) in [4.78, 5) is 23.0. The van der Waals surface area contributed by atoms with Crippen LogP contribution in [0, 0.1) is 5.92 Å². The van der Waals surface area contributed by atoms with Crippen LogP contribution < -0.4 is 5.73 Å². The summed E-state index contributed by atoms with van der Waals surface area (Å²) in [7, 11) is 0. The third kappa shape index (κ3) is 4.27. The van der Waals surface area contributed by atoms with Crippen LogP contribution in [0.4, 0.5) is 0 Å². The molecule has 0 aromatic carbocycles. The minimum atomic E-state index is -2.71. The second-order valence-electron chi connectivity index (χ2n) is 5.81. The lowest BCUT2D eigenvalue weighted by Gasteiger charge is -2.31. The topological polar surface area (TPSA) is 110 Å². The second kappa shape index (κ2) is 5.67. The van der Waals surface area contributed by atoms with Gasteiger partial charge in [0.1, 0.15) is 5.60 Å². The van der Waals surface area contributed by atoms with Gasteiger partial charge in [0.15, 0.2) is 0 Å². The SMILES string of the molecule is CC(C)C[C@@H](N)[C@@](O)(C(=O)O)C(=O)OC(C)(C)C. The van der Waals surface area contributed by atoms with Crippen molar-refractivity contribution < 1.29 is 24.5 Å². The number of carbonyl (C=O) groups excluding carboxylic acids is 1. The Morgan fingerprint density at radius 2 is 1.72 bits per heavy atom. The van der Waals surface area contributed by atoms with Crippen LogP contribution in [0.15, 0.2) is 0 Å². The molecule has 0 heterocycles. The number of ether oxygens (including phenoxy) is 1. The van der Waals surface area contributed by atoms with Crippen LogP contribution in [0.5, 0.6) is 0 Å². The van der Waals surface area contributed by atoms with Gasteiger partial charge in [-0.05, 0) is 33.1 Å². The Balaban J connectivity index is 5.15. The number of aliphatic hydroxyl groups is 1. The normalized spacial score (nSPS) is 17.1. The van der Waals surface area contributed by atoms with Crippen LogP contribution >= 0.6 is 0 Å². The second-order valence-corrected chi connectivity index (χ2v) is 5.81. The van der Waals surface area contributed by atoms with Crippen molar-refractivity contribution in [3.05, 3.63) is 0 Å². The van der Waals surface area contributed by atoms with Crippen molar-refractivity contribution in [2.24, 2.45) is 11.7 Å². The standard InChI is InChI=1S/C12H23NO5/c1-7(2)6-8(13)12(17,9(14)15)10(16)18-11(3,4)5/h7-8,17H,6,13H2,1-5H3,(H,14,15)/t8-,12-/m1/s1. The molecule has 18 heavy (non-hydrogen) atoms. The van der Waals surface area contributed by atoms with Crippen molar-refractivity contribution in [3.63, 3.8) is 0 Å². The summed E-state index contributed by atoms with van der Waals surface area (Å²) in [5.74, 6) is -2.87. The fraction of sp³-hybridized carbons (Fsp3) is 0.833. The first-order chi connectivity index (χ1) is 7.91. The van der Waals surface area contributed by atoms with Gasteiger partial charge in [0.2, 0.25) is 0 Å². The monoisotopic (exact) mass is 261 g/mol. The molecule has 4 N–H and O–H groups in total. The molecule has 0 rings (SSSR count). The molecule has 0 aromatic rings. The molecule has 6 nitrogen and oxygen atoms in total. The molecule has 0 aliphatic heterocycles. The van der Waals surface area contributed by atoms with Crippen molar-refractivity contribution in [3.8, 4) is 0 Å². The maximum absolute atomic E-state index is 11.8. The number of carboxylic acid groups (broad SMARTS) is 1. The van der Waals surface area contributed by atoms with Crippen LogP contribution in [-0.2, 0) is 14.3 Å². The van der Waals surface area contributed by atoms with Crippen LogP contribution in [-0.4, -0.2) is 39.4 Å². The maximum atomic E-state index is 11.8. The van der Waals surface area contributed by atoms with Gasteiger partial charge >= 0.3 is 11.9 Å². The molecule has 0 radical (unpaired) electrons. The minimum absolute atomic E-state index is 0.0494. The van der Waals surface area contributed by atoms with Gasteiger partial charge in [0.25, 0.3) is 5.60 Å². The Hall–Kier alpha value is -1.14. The Morgan fingerprint density at radius 1 is 1.28 bits per heavy atom. The Bertz CT molecular complexity index is 321. The van der Waals surface area contributed by atoms with Gasteiger partial charge in [0.05, 0.1) is 6.04 Å². The summed E-state index contributed by atoms with van der Waals surface area (Å²) < 4.78 is 4.92. The number of hydrogen-bond acceptors (Lipinski definition) is 5. The van der Waals surface area contributed by atoms with E-state index < -0.39 is 29.2 Å². The molecule has 0 bridgehead atoms. The maximum Gasteiger partial charge on any atom is 0.352 e. The van der Waals surface area contributed by atoms with E-state index in [1.165, 1.54) is 0 Å². The predicted octanol–water partition coefficient (Wildman–Crippen LogP) is 0.517. The highest BCUT2D eigenvalue weighted by Crippen LogP contribution is 2.21. The number of carbonyl (C=O) groups is 2. The molecular weight excluding hydrogens is 238 g/mol. The van der Waals surface area contributed by atoms with Crippen LogP contribution in [0.3, 0.4) is 0 Å². The summed E-state index contributed by atoms with van der Waals surface area (Å²) in [6.45, 7) is 8.39. The average Bonchev–Trinajstić information content (AvgIpc) is 2.11. The largest absolute Gasteiger partial charge is 0.479 e. The predicted molar refractivity (Wildman–Crippen MR) is 65.9 cm³/mol. The fourth-order valence-corrected chi connectivity index (χ4v) is 1.43. The molecule has 6 heteroatoms. The lowest BCUT2D eigenvalue weighted by atomic mass is 9.88. The molecule has 0 saturated carbocycles. The zero-order chi connectivity index (χ0) is 14.7. The van der Waals surface area contributed by atoms with Gasteiger partial charge in [-0.3, -0.25) is 0 Å². The van der Waals surface area contributed by atoms with Crippen molar-refractivity contribution >= 4 is 11.9 Å². The van der Waals surface area contributed by atoms with Crippen molar-refractivity contribution in [1.29, 1.82) is 0 Å². The molecular formula is C12H23NO5. The summed E-state index contributed by atoms with van der Waals surface area (Å²) in [5, 5.41) is 19.1. The lowest BCUT2D eigenvalue weighted by Crippen LogP contribution is -2.61. The van der Waals surface area contributed by atoms with Gasteiger partial charge in [-0.15, -0.1) is 0 Å². The number of carboxylic acids is 1. The zero-order valence-electron chi connectivity index (χ0n) is 11.6. The molecule has 0 unspecified atom stereocenters. The quantitative estimate of drug-likeness (QED) is 0.491. The highest BCUT2D eigenvalue weighted by Gasteiger charge is 2.52. The van der Waals surface area contributed by atoms with Gasteiger partial charge < -0.3 is 20.7 Å². The van der Waals surface area contributed by atoms with Gasteiger partial charge in [-0.1, -0.05) is 13.8 Å². The highest BCUT2D eigenvalue weighted by molar-refractivity contribution is 6.03. The van der Waals surface area contributed by atoms with E-state index in [1.807, 2.05) is 13.8 Å². The summed E-state index contributed by atoms with van der Waals surface area (Å²) in [6, 6.07) is -1.22. The highest BCUT2D eigenvalue weighted by atomic mass is 16.6. The Morgan fingerprint density at radius 3 is 2.00 bits per heavy atom. The Kier molecular flexibility index (Phi) is 5.31. The number of nitrogens with two attached hydrogens (primary N) is 1. The first kappa shape index (κ1) is 16.9. The average molecular weight is 261 g/mol. The summed E-state index contributed by atoms with van der Waals surface area (Å²) >= 11 is 0. The van der Waals surface area contributed by atoms with Crippen LogP contribution in [0.1, 0.15) is 41.0 Å². The number of esters is 1. The zero-order valence-corrected chi connectivity index (χ0v) is 11.6. The van der Waals surface area contributed by atoms with E-state index in [9.17, 15) is 14.7 Å². The van der Waals surface area contributed by atoms with Gasteiger partial charge in [-0.25, -0.2) is 9.59 Å². The molecule has 0 aliphatic carbocycles. The Labute approximate surface area is 107 Å². The molecule has 0 amide bonds. The minimum Gasteiger partial charge on any atom is -0.479 e. The summed E-state index contributed by atoms with van der Waals surface area (Å²) in [5.41, 5.74) is 2.04. The smallest absolute Gasteiger partial charge is 0.352 e. The van der Waals surface area contributed by atoms with Crippen LogP contribution in [0.25, 0.3) is 0 Å². The number of rotatable bonds is 5. The molecule has 0 spiro atoms. The van der Waals surface area contributed by atoms with E-state index >= 15 is 0 Å². The molecule has 0 fully saturated rings. The number of hydrogen-bond donors (Lipinski definition) is 3. The number of aliphatic carboxylic acids is 1. The third-order valence-corrected chi connectivity index (χ3v) is 2.30. The van der Waals surface area contributed by atoms with E-state index in [2.05, 4.69) is 0 Å². The van der Waals surface area contributed by atoms with Crippen molar-refractivity contribution in [1.82, 2.24) is 0 Å². The summed E-state index contributed by atoms with van der Waals surface area (Å²) in [6.07, 6.45) is 0.196.